The van der Waals surface area contributed by atoms with E-state index in [1.165, 1.54) is 88.2 Å². The first kappa shape index (κ1) is 25.2. The molecule has 27 heavy (non-hydrogen) atoms. The molecule has 2 nitrogen and oxygen atoms in total. The van der Waals surface area contributed by atoms with Gasteiger partial charge in [0.25, 0.3) is 0 Å². The van der Waals surface area contributed by atoms with Crippen molar-refractivity contribution in [2.24, 2.45) is 0 Å². The van der Waals surface area contributed by atoms with Gasteiger partial charge < -0.3 is 9.79 Å². The van der Waals surface area contributed by atoms with Crippen LogP contribution in [-0.4, -0.2) is 9.79 Å². The van der Waals surface area contributed by atoms with E-state index in [0.717, 1.165) is 29.1 Å². The van der Waals surface area contributed by atoms with Gasteiger partial charge in [-0.25, -0.2) is 0 Å². The molecule has 0 aliphatic carbocycles. The molecule has 0 saturated heterocycles. The van der Waals surface area contributed by atoms with Crippen LogP contribution >= 0.6 is 17.1 Å². The molecule has 0 fully saturated rings. The average Bonchev–Trinajstić information content (AvgIpc) is 2.59. The van der Waals surface area contributed by atoms with Crippen LogP contribution in [-0.2, 0) is 24.6 Å². The minimum absolute atomic E-state index is 0.924. The predicted octanol–water partition coefficient (Wildman–Crippen LogP) is 7.79. The van der Waals surface area contributed by atoms with Gasteiger partial charge in [0.2, 0.25) is 5.69 Å². The van der Waals surface area contributed by atoms with Crippen LogP contribution in [0.2, 0.25) is 0 Å². The Bertz CT molecular complexity index is 523. The molecule has 2 N–H and O–H groups in total. The molecule has 0 aliphatic rings. The van der Waals surface area contributed by atoms with E-state index in [1.807, 2.05) is 0 Å². The summed E-state index contributed by atoms with van der Waals surface area (Å²) < 4.78 is 0. The molecular weight excluding hydrogens is 391 g/mol. The summed E-state index contributed by atoms with van der Waals surface area (Å²) in [4.78, 5) is 20.3. The molecule has 0 amide bonds. The minimum atomic E-state index is -3.27. The van der Waals surface area contributed by atoms with Gasteiger partial charge in [-0.3, -0.25) is 0 Å². The van der Waals surface area contributed by atoms with Crippen molar-refractivity contribution in [3.05, 3.63) is 29.3 Å². The summed E-state index contributed by atoms with van der Waals surface area (Å²) in [6.45, 7) is 4.50. The number of hydrogen-bond donors (Lipinski definition) is 2. The van der Waals surface area contributed by atoms with E-state index in [1.54, 1.807) is 0 Å². The van der Waals surface area contributed by atoms with E-state index >= 15 is 0 Å². The summed E-state index contributed by atoms with van der Waals surface area (Å²) in [7, 11) is 0. The summed E-state index contributed by atoms with van der Waals surface area (Å²) in [5.74, 6) is 0. The van der Waals surface area contributed by atoms with Gasteiger partial charge in [-0.15, -0.1) is 0 Å². The molecule has 0 atom stereocenters. The zero-order valence-electron chi connectivity index (χ0n) is 17.3. The Balaban J connectivity index is 2.57. The lowest BCUT2D eigenvalue weighted by atomic mass is 10.00. The second kappa shape index (κ2) is 15.0. The predicted molar refractivity (Wildman–Crippen MR) is 125 cm³/mol. The van der Waals surface area contributed by atoms with Gasteiger partial charge in [0.15, 0.2) is 0 Å². The SMILES string of the molecule is CCCCCCCCc1cc(CCCCCCCC)cc(SP(O)(O)=S)c1. The standard InChI is InChI=1S/C22H39O2PS2/c1-3-5-7-9-11-13-15-20-17-21(16-14-12-10-8-6-4-2)19-22(18-20)27-25(23,24)26/h17-19H,3-16H2,1-2H3,(H2,23,24,26). The van der Waals surface area contributed by atoms with Gasteiger partial charge in [0, 0.05) is 4.90 Å². The largest absolute Gasteiger partial charge is 0.337 e. The van der Waals surface area contributed by atoms with Crippen molar-refractivity contribution < 1.29 is 9.79 Å². The highest BCUT2D eigenvalue weighted by molar-refractivity contribution is 8.67. The fraction of sp³-hybridized carbons (Fsp3) is 0.727. The molecule has 0 radical (unpaired) electrons. The maximum atomic E-state index is 9.69. The van der Waals surface area contributed by atoms with Crippen molar-refractivity contribution in [3.8, 4) is 0 Å². The molecule has 0 unspecified atom stereocenters. The Morgan fingerprint density at radius 2 is 1.11 bits per heavy atom. The Morgan fingerprint density at radius 1 is 0.704 bits per heavy atom. The third kappa shape index (κ3) is 13.9. The van der Waals surface area contributed by atoms with E-state index in [9.17, 15) is 9.79 Å². The average molecular weight is 431 g/mol. The highest BCUT2D eigenvalue weighted by atomic mass is 32.9. The summed E-state index contributed by atoms with van der Waals surface area (Å²) in [6, 6.07) is 6.53. The van der Waals surface area contributed by atoms with Crippen LogP contribution in [0.3, 0.4) is 0 Å². The Hall–Kier alpha value is 0.140. The van der Waals surface area contributed by atoms with Crippen molar-refractivity contribution in [1.29, 1.82) is 0 Å². The van der Waals surface area contributed by atoms with Gasteiger partial charge in [0.1, 0.15) is 0 Å². The quantitative estimate of drug-likeness (QED) is 0.207. The molecule has 0 aromatic heterocycles. The number of aryl methyl sites for hydroxylation is 2. The second-order valence-corrected chi connectivity index (χ2v) is 13.5. The zero-order valence-corrected chi connectivity index (χ0v) is 19.8. The highest BCUT2D eigenvalue weighted by Gasteiger charge is 2.12. The lowest BCUT2D eigenvalue weighted by molar-refractivity contribution is 0.502. The van der Waals surface area contributed by atoms with Gasteiger partial charge in [-0.2, -0.15) is 0 Å². The number of unbranched alkanes of at least 4 members (excludes halogenated alkanes) is 10. The van der Waals surface area contributed by atoms with Crippen LogP contribution in [0.15, 0.2) is 23.1 Å². The fourth-order valence-electron chi connectivity index (χ4n) is 3.43. The molecule has 0 aliphatic heterocycles. The Labute approximate surface area is 176 Å². The molecule has 1 aromatic rings. The molecule has 0 spiro atoms. The van der Waals surface area contributed by atoms with Gasteiger partial charge >= 0.3 is 0 Å². The van der Waals surface area contributed by atoms with E-state index < -0.39 is 5.69 Å². The van der Waals surface area contributed by atoms with Crippen molar-refractivity contribution in [1.82, 2.24) is 0 Å². The molecule has 1 aromatic carbocycles. The van der Waals surface area contributed by atoms with Crippen molar-refractivity contribution in [3.63, 3.8) is 0 Å². The van der Waals surface area contributed by atoms with Crippen molar-refractivity contribution in [2.75, 3.05) is 0 Å². The molecule has 156 valence electrons. The maximum Gasteiger partial charge on any atom is 0.246 e. The van der Waals surface area contributed by atoms with Crippen LogP contribution in [0.25, 0.3) is 0 Å². The molecular formula is C22H39O2PS2. The lowest BCUT2D eigenvalue weighted by Crippen LogP contribution is -1.93. The summed E-state index contributed by atoms with van der Waals surface area (Å²) in [5.41, 5.74) is -0.627. The monoisotopic (exact) mass is 430 g/mol. The Kier molecular flexibility index (Phi) is 14.0. The summed E-state index contributed by atoms with van der Waals surface area (Å²) >= 11 is 5.90. The third-order valence-corrected chi connectivity index (χ3v) is 7.59. The number of rotatable bonds is 16. The number of hydrogen-bond acceptors (Lipinski definition) is 2. The fourth-order valence-corrected chi connectivity index (χ4v) is 6.02. The normalized spacial score (nSPS) is 11.9. The summed E-state index contributed by atoms with van der Waals surface area (Å²) in [5, 5.41) is 0. The van der Waals surface area contributed by atoms with Crippen LogP contribution in [0.4, 0.5) is 0 Å². The molecule has 0 saturated carbocycles. The van der Waals surface area contributed by atoms with E-state index in [0.29, 0.717) is 0 Å². The number of benzene rings is 1. The van der Waals surface area contributed by atoms with Crippen LogP contribution in [0, 0.1) is 0 Å². The molecule has 5 heteroatoms. The zero-order chi connectivity index (χ0) is 20.0. The highest BCUT2D eigenvalue weighted by Crippen LogP contribution is 2.55. The van der Waals surface area contributed by atoms with Gasteiger partial charge in [-0.1, -0.05) is 84.1 Å². The summed E-state index contributed by atoms with van der Waals surface area (Å²) in [6.07, 6.45) is 17.7. The van der Waals surface area contributed by atoms with Crippen molar-refractivity contribution >= 4 is 28.9 Å². The second-order valence-electron chi connectivity index (χ2n) is 7.60. The van der Waals surface area contributed by atoms with Crippen LogP contribution in [0.5, 0.6) is 0 Å². The first-order valence-corrected chi connectivity index (χ1v) is 15.0. The van der Waals surface area contributed by atoms with Crippen LogP contribution in [0.1, 0.15) is 102 Å². The van der Waals surface area contributed by atoms with E-state index in [-0.39, 0.29) is 0 Å². The first-order chi connectivity index (χ1) is 12.9. The van der Waals surface area contributed by atoms with Crippen LogP contribution < -0.4 is 0 Å². The van der Waals surface area contributed by atoms with Crippen molar-refractivity contribution in [2.45, 2.75) is 109 Å². The smallest absolute Gasteiger partial charge is 0.246 e. The molecule has 1 rings (SSSR count). The molecule has 0 heterocycles. The topological polar surface area (TPSA) is 40.5 Å². The third-order valence-electron chi connectivity index (χ3n) is 4.89. The minimum Gasteiger partial charge on any atom is -0.337 e. The van der Waals surface area contributed by atoms with Gasteiger partial charge in [-0.05, 0) is 72.1 Å². The molecule has 0 bridgehead atoms. The first-order valence-electron chi connectivity index (χ1n) is 10.8. The van der Waals surface area contributed by atoms with E-state index in [4.69, 9.17) is 11.8 Å². The lowest BCUT2D eigenvalue weighted by Gasteiger charge is -2.12. The van der Waals surface area contributed by atoms with E-state index in [2.05, 4.69) is 32.0 Å². The Morgan fingerprint density at radius 3 is 1.52 bits per heavy atom. The maximum absolute atomic E-state index is 9.69. The van der Waals surface area contributed by atoms with Gasteiger partial charge in [0.05, 0.1) is 0 Å².